The van der Waals surface area contributed by atoms with Gasteiger partial charge in [-0.3, -0.25) is 4.79 Å². The Hall–Kier alpha value is -1.36. The van der Waals surface area contributed by atoms with Crippen LogP contribution in [-0.2, 0) is 4.74 Å². The monoisotopic (exact) mass is 240 g/mol. The highest BCUT2D eigenvalue weighted by atomic mass is 16.5. The van der Waals surface area contributed by atoms with Crippen LogP contribution in [0.2, 0.25) is 0 Å². The summed E-state index contributed by atoms with van der Waals surface area (Å²) in [5.41, 5.74) is 5.45. The highest BCUT2D eigenvalue weighted by molar-refractivity contribution is 5.90. The molecule has 1 unspecified atom stereocenters. The molecule has 96 valence electrons. The summed E-state index contributed by atoms with van der Waals surface area (Å²) < 4.78 is 10.6. The molecule has 1 atom stereocenters. The number of primary amides is 1. The molecule has 1 aromatic heterocycles. The smallest absolute Gasteiger partial charge is 0.270 e. The number of carbonyl (C=O) groups is 1. The maximum absolute atomic E-state index is 10.8. The second kappa shape index (κ2) is 5.31. The molecule has 0 aliphatic carbocycles. The predicted molar refractivity (Wildman–Crippen MR) is 63.5 cm³/mol. The van der Waals surface area contributed by atoms with Crippen LogP contribution in [0, 0.1) is 5.41 Å². The average Bonchev–Trinajstić information content (AvgIpc) is 2.63. The van der Waals surface area contributed by atoms with Crippen molar-refractivity contribution < 1.29 is 14.1 Å². The van der Waals surface area contributed by atoms with Crippen molar-refractivity contribution in [3.63, 3.8) is 0 Å². The Morgan fingerprint density at radius 1 is 1.59 bits per heavy atom. The lowest BCUT2D eigenvalue weighted by molar-refractivity contribution is 0.0319. The Labute approximate surface area is 101 Å². The van der Waals surface area contributed by atoms with Crippen molar-refractivity contribution in [3.05, 3.63) is 17.5 Å². The zero-order valence-electron chi connectivity index (χ0n) is 10.8. The molecule has 0 saturated carbocycles. The Bertz CT molecular complexity index is 379. The van der Waals surface area contributed by atoms with Crippen molar-refractivity contribution in [1.29, 1.82) is 0 Å². The van der Waals surface area contributed by atoms with Crippen molar-refractivity contribution in [1.82, 2.24) is 5.16 Å². The molecule has 0 aliphatic rings. The number of amides is 1. The van der Waals surface area contributed by atoms with Gasteiger partial charge in [-0.05, 0) is 18.8 Å². The van der Waals surface area contributed by atoms with Crippen molar-refractivity contribution in [2.45, 2.75) is 40.2 Å². The molecule has 0 aromatic carbocycles. The van der Waals surface area contributed by atoms with Crippen LogP contribution in [0.4, 0.5) is 0 Å². The molecule has 2 N–H and O–H groups in total. The maximum atomic E-state index is 10.8. The first-order valence-electron chi connectivity index (χ1n) is 5.67. The molecule has 0 bridgehead atoms. The lowest BCUT2D eigenvalue weighted by atomic mass is 9.93. The predicted octanol–water partition coefficient (Wildman–Crippen LogP) is 2.29. The van der Waals surface area contributed by atoms with Gasteiger partial charge in [-0.1, -0.05) is 25.9 Å². The van der Waals surface area contributed by atoms with Crippen LogP contribution in [0.5, 0.6) is 0 Å². The fourth-order valence-corrected chi connectivity index (χ4v) is 1.22. The lowest BCUT2D eigenvalue weighted by Gasteiger charge is -2.19. The third-order valence-corrected chi connectivity index (χ3v) is 2.40. The molecule has 0 radical (unpaired) electrons. The zero-order chi connectivity index (χ0) is 13.1. The average molecular weight is 240 g/mol. The van der Waals surface area contributed by atoms with Crippen LogP contribution < -0.4 is 5.73 Å². The summed E-state index contributed by atoms with van der Waals surface area (Å²) in [6, 6.07) is 1.52. The number of nitrogens with two attached hydrogens (primary N) is 1. The minimum atomic E-state index is -0.595. The van der Waals surface area contributed by atoms with Crippen LogP contribution in [0.3, 0.4) is 0 Å². The van der Waals surface area contributed by atoms with Crippen LogP contribution >= 0.6 is 0 Å². The minimum absolute atomic E-state index is 0.131. The highest BCUT2D eigenvalue weighted by Gasteiger charge is 2.16. The van der Waals surface area contributed by atoms with E-state index in [1.807, 2.05) is 6.92 Å². The number of carbonyl (C=O) groups excluding carboxylic acids is 1. The van der Waals surface area contributed by atoms with E-state index < -0.39 is 5.91 Å². The van der Waals surface area contributed by atoms with Gasteiger partial charge < -0.3 is 15.0 Å². The van der Waals surface area contributed by atoms with Gasteiger partial charge in [-0.25, -0.2) is 0 Å². The first kappa shape index (κ1) is 13.7. The summed E-state index contributed by atoms with van der Waals surface area (Å²) in [7, 11) is 0. The van der Waals surface area contributed by atoms with Gasteiger partial charge >= 0.3 is 0 Å². The fraction of sp³-hybridized carbons (Fsp3) is 0.667. The molecule has 5 heteroatoms. The summed E-state index contributed by atoms with van der Waals surface area (Å²) in [6.45, 7) is 8.95. The molecule has 0 fully saturated rings. The van der Waals surface area contributed by atoms with Crippen LogP contribution in [0.1, 0.15) is 56.5 Å². The summed E-state index contributed by atoms with van der Waals surface area (Å²) in [5, 5.41) is 3.56. The van der Waals surface area contributed by atoms with E-state index >= 15 is 0 Å². The summed E-state index contributed by atoms with van der Waals surface area (Å²) in [5.74, 6) is -0.0744. The molecule has 17 heavy (non-hydrogen) atoms. The van der Waals surface area contributed by atoms with Crippen molar-refractivity contribution >= 4 is 5.91 Å². The number of nitrogens with zero attached hydrogens (tertiary/aromatic N) is 1. The fourth-order valence-electron chi connectivity index (χ4n) is 1.22. The van der Waals surface area contributed by atoms with Crippen molar-refractivity contribution in [3.8, 4) is 0 Å². The second-order valence-electron chi connectivity index (χ2n) is 5.30. The molecule has 1 amide bonds. The van der Waals surface area contributed by atoms with Gasteiger partial charge in [0.25, 0.3) is 5.91 Å². The maximum Gasteiger partial charge on any atom is 0.270 e. The second-order valence-corrected chi connectivity index (χ2v) is 5.30. The third-order valence-electron chi connectivity index (χ3n) is 2.40. The Balaban J connectivity index is 2.46. The van der Waals surface area contributed by atoms with E-state index in [1.165, 1.54) is 6.07 Å². The van der Waals surface area contributed by atoms with Gasteiger partial charge in [-0.15, -0.1) is 0 Å². The highest BCUT2D eigenvalue weighted by Crippen LogP contribution is 2.22. The zero-order valence-corrected chi connectivity index (χ0v) is 10.8. The topological polar surface area (TPSA) is 78.4 Å². The standard InChI is InChI=1S/C12H20N2O3/c1-8(16-6-5-12(2,3)4)10-7-9(11(13)15)14-17-10/h7-8H,5-6H2,1-4H3,(H2,13,15). The number of hydrogen-bond acceptors (Lipinski definition) is 4. The van der Waals surface area contributed by atoms with Gasteiger partial charge in [0.15, 0.2) is 11.5 Å². The van der Waals surface area contributed by atoms with Crippen molar-refractivity contribution in [2.75, 3.05) is 6.61 Å². The molecule has 1 aromatic rings. The number of aromatic nitrogens is 1. The van der Waals surface area contributed by atoms with E-state index in [2.05, 4.69) is 25.9 Å². The van der Waals surface area contributed by atoms with E-state index in [9.17, 15) is 4.79 Å². The van der Waals surface area contributed by atoms with Crippen LogP contribution in [0.15, 0.2) is 10.6 Å². The molecule has 0 aliphatic heterocycles. The molecule has 1 rings (SSSR count). The van der Waals surface area contributed by atoms with Gasteiger partial charge in [0, 0.05) is 12.7 Å². The Morgan fingerprint density at radius 3 is 2.71 bits per heavy atom. The molecular weight excluding hydrogens is 220 g/mol. The molecular formula is C12H20N2O3. The number of ether oxygens (including phenoxy) is 1. The van der Waals surface area contributed by atoms with Gasteiger partial charge in [0.1, 0.15) is 6.10 Å². The number of rotatable bonds is 5. The van der Waals surface area contributed by atoms with E-state index in [0.29, 0.717) is 12.4 Å². The van der Waals surface area contributed by atoms with Crippen LogP contribution in [0.25, 0.3) is 0 Å². The first-order valence-corrected chi connectivity index (χ1v) is 5.67. The van der Waals surface area contributed by atoms with Gasteiger partial charge in [-0.2, -0.15) is 0 Å². The van der Waals surface area contributed by atoms with Gasteiger partial charge in [0.2, 0.25) is 0 Å². The van der Waals surface area contributed by atoms with Gasteiger partial charge in [0.05, 0.1) is 0 Å². The van der Waals surface area contributed by atoms with E-state index in [-0.39, 0.29) is 17.2 Å². The Kier molecular flexibility index (Phi) is 4.28. The van der Waals surface area contributed by atoms with E-state index in [0.717, 1.165) is 6.42 Å². The Morgan fingerprint density at radius 2 is 2.24 bits per heavy atom. The SMILES string of the molecule is CC(OCCC(C)(C)C)c1cc(C(N)=O)no1. The van der Waals surface area contributed by atoms with E-state index in [4.69, 9.17) is 15.0 Å². The molecule has 5 nitrogen and oxygen atoms in total. The lowest BCUT2D eigenvalue weighted by Crippen LogP contribution is -2.11. The third kappa shape index (κ3) is 4.56. The summed E-state index contributed by atoms with van der Waals surface area (Å²) in [6.07, 6.45) is 0.728. The molecule has 1 heterocycles. The number of hydrogen-bond donors (Lipinski definition) is 1. The molecule has 0 saturated heterocycles. The first-order chi connectivity index (χ1) is 7.79. The largest absolute Gasteiger partial charge is 0.370 e. The summed E-state index contributed by atoms with van der Waals surface area (Å²) >= 11 is 0. The van der Waals surface area contributed by atoms with E-state index in [1.54, 1.807) is 0 Å². The van der Waals surface area contributed by atoms with Crippen molar-refractivity contribution in [2.24, 2.45) is 11.1 Å². The quantitative estimate of drug-likeness (QED) is 0.856. The van der Waals surface area contributed by atoms with Crippen LogP contribution in [-0.4, -0.2) is 17.7 Å². The molecule has 0 spiro atoms. The minimum Gasteiger partial charge on any atom is -0.370 e. The summed E-state index contributed by atoms with van der Waals surface area (Å²) in [4.78, 5) is 10.8. The normalized spacial score (nSPS) is 13.6.